The molecule has 1 unspecified atom stereocenters. The van der Waals surface area contributed by atoms with E-state index in [1.54, 1.807) is 31.4 Å². The zero-order valence-corrected chi connectivity index (χ0v) is 11.7. The molecule has 1 amide bonds. The van der Waals surface area contributed by atoms with E-state index in [1.165, 1.54) is 0 Å². The molecule has 0 spiro atoms. The Balaban J connectivity index is 1.94. The number of benzene rings is 1. The Morgan fingerprint density at radius 2 is 2.05 bits per heavy atom. The number of amides is 1. The fourth-order valence-corrected chi connectivity index (χ4v) is 2.04. The highest BCUT2D eigenvalue weighted by molar-refractivity contribution is 5.95. The molecule has 2 N–H and O–H groups in total. The summed E-state index contributed by atoms with van der Waals surface area (Å²) in [7, 11) is 0. The van der Waals surface area contributed by atoms with Crippen LogP contribution in [0.25, 0.3) is 0 Å². The maximum atomic E-state index is 12.1. The van der Waals surface area contributed by atoms with E-state index in [0.717, 1.165) is 5.56 Å². The van der Waals surface area contributed by atoms with Gasteiger partial charge in [0.15, 0.2) is 0 Å². The molecule has 0 aliphatic rings. The van der Waals surface area contributed by atoms with Gasteiger partial charge in [-0.05, 0) is 37.6 Å². The van der Waals surface area contributed by atoms with Gasteiger partial charge >= 0.3 is 0 Å². The zero-order chi connectivity index (χ0) is 14.6. The van der Waals surface area contributed by atoms with Crippen LogP contribution in [0.4, 0.5) is 0 Å². The number of furan rings is 1. The molecule has 0 saturated heterocycles. The van der Waals surface area contributed by atoms with Gasteiger partial charge in [-0.25, -0.2) is 0 Å². The molecular weight excluding hydrogens is 254 g/mol. The SMILES string of the molecule is Cc1ccccc1C(=O)NCC(C)(O)Cc1ccco1. The average molecular weight is 273 g/mol. The van der Waals surface area contributed by atoms with Crippen LogP contribution in [-0.2, 0) is 6.42 Å². The molecule has 1 atom stereocenters. The molecule has 20 heavy (non-hydrogen) atoms. The lowest BCUT2D eigenvalue weighted by Gasteiger charge is -2.22. The van der Waals surface area contributed by atoms with Crippen LogP contribution in [0.5, 0.6) is 0 Å². The molecule has 0 aliphatic heterocycles. The van der Waals surface area contributed by atoms with E-state index in [2.05, 4.69) is 5.32 Å². The van der Waals surface area contributed by atoms with Gasteiger partial charge in [0.25, 0.3) is 5.91 Å². The molecule has 4 heteroatoms. The lowest BCUT2D eigenvalue weighted by molar-refractivity contribution is 0.0510. The number of rotatable bonds is 5. The summed E-state index contributed by atoms with van der Waals surface area (Å²) in [6.07, 6.45) is 1.92. The lowest BCUT2D eigenvalue weighted by Crippen LogP contribution is -2.42. The van der Waals surface area contributed by atoms with Crippen LogP contribution in [0.1, 0.15) is 28.6 Å². The predicted octanol–water partition coefficient (Wildman–Crippen LogP) is 2.31. The van der Waals surface area contributed by atoms with Crippen molar-refractivity contribution in [2.24, 2.45) is 0 Å². The Morgan fingerprint density at radius 1 is 1.30 bits per heavy atom. The van der Waals surface area contributed by atoms with Crippen LogP contribution < -0.4 is 5.32 Å². The number of hydrogen-bond acceptors (Lipinski definition) is 3. The maximum absolute atomic E-state index is 12.1. The first-order chi connectivity index (χ1) is 9.48. The van der Waals surface area contributed by atoms with Gasteiger partial charge in [0.1, 0.15) is 5.76 Å². The minimum atomic E-state index is -1.05. The fraction of sp³-hybridized carbons (Fsp3) is 0.312. The quantitative estimate of drug-likeness (QED) is 0.878. The van der Waals surface area contributed by atoms with Gasteiger partial charge < -0.3 is 14.8 Å². The first-order valence-electron chi connectivity index (χ1n) is 6.56. The Morgan fingerprint density at radius 3 is 2.70 bits per heavy atom. The number of hydrogen-bond donors (Lipinski definition) is 2. The first kappa shape index (κ1) is 14.3. The molecule has 1 aromatic heterocycles. The summed E-state index contributed by atoms with van der Waals surface area (Å²) in [6, 6.07) is 10.9. The summed E-state index contributed by atoms with van der Waals surface area (Å²) in [5.74, 6) is 0.517. The van der Waals surface area contributed by atoms with Crippen molar-refractivity contribution in [2.45, 2.75) is 25.9 Å². The van der Waals surface area contributed by atoms with E-state index in [0.29, 0.717) is 17.7 Å². The molecule has 1 aromatic carbocycles. The zero-order valence-electron chi connectivity index (χ0n) is 11.7. The summed E-state index contributed by atoms with van der Waals surface area (Å²) in [4.78, 5) is 12.1. The van der Waals surface area contributed by atoms with Crippen molar-refractivity contribution in [3.05, 3.63) is 59.5 Å². The first-order valence-corrected chi connectivity index (χ1v) is 6.56. The molecule has 2 aromatic rings. The van der Waals surface area contributed by atoms with Crippen LogP contribution in [0.3, 0.4) is 0 Å². The summed E-state index contributed by atoms with van der Waals surface area (Å²) in [6.45, 7) is 3.73. The van der Waals surface area contributed by atoms with Crippen LogP contribution in [0.2, 0.25) is 0 Å². The van der Waals surface area contributed by atoms with E-state index in [-0.39, 0.29) is 12.5 Å². The molecule has 0 saturated carbocycles. The standard InChI is InChI=1S/C16H19NO3/c1-12-6-3-4-8-14(12)15(18)17-11-16(2,19)10-13-7-5-9-20-13/h3-9,19H,10-11H2,1-2H3,(H,17,18). The molecule has 106 valence electrons. The lowest BCUT2D eigenvalue weighted by atomic mass is 10.0. The predicted molar refractivity (Wildman–Crippen MR) is 76.5 cm³/mol. The number of aryl methyl sites for hydroxylation is 1. The van der Waals surface area contributed by atoms with Crippen molar-refractivity contribution in [1.82, 2.24) is 5.32 Å². The monoisotopic (exact) mass is 273 g/mol. The smallest absolute Gasteiger partial charge is 0.251 e. The Bertz CT molecular complexity index is 573. The van der Waals surface area contributed by atoms with E-state index in [4.69, 9.17) is 4.42 Å². The summed E-state index contributed by atoms with van der Waals surface area (Å²) in [5, 5.41) is 13.0. The minimum absolute atomic E-state index is 0.168. The fourth-order valence-electron chi connectivity index (χ4n) is 2.04. The third-order valence-electron chi connectivity index (χ3n) is 3.15. The minimum Gasteiger partial charge on any atom is -0.469 e. The molecular formula is C16H19NO3. The number of carbonyl (C=O) groups is 1. The van der Waals surface area contributed by atoms with Gasteiger partial charge in [0.2, 0.25) is 0 Å². The Labute approximate surface area is 118 Å². The largest absolute Gasteiger partial charge is 0.469 e. The van der Waals surface area contributed by atoms with Gasteiger partial charge in [-0.3, -0.25) is 4.79 Å². The van der Waals surface area contributed by atoms with Gasteiger partial charge in [-0.15, -0.1) is 0 Å². The topological polar surface area (TPSA) is 62.5 Å². The Kier molecular flexibility index (Phi) is 4.25. The Hall–Kier alpha value is -2.07. The summed E-state index contributed by atoms with van der Waals surface area (Å²) >= 11 is 0. The highest BCUT2D eigenvalue weighted by Gasteiger charge is 2.23. The molecule has 4 nitrogen and oxygen atoms in total. The normalized spacial score (nSPS) is 13.8. The molecule has 0 radical (unpaired) electrons. The van der Waals surface area contributed by atoms with Crippen LogP contribution in [0.15, 0.2) is 47.1 Å². The van der Waals surface area contributed by atoms with Crippen LogP contribution in [0, 0.1) is 6.92 Å². The van der Waals surface area contributed by atoms with Gasteiger partial charge in [0.05, 0.1) is 11.9 Å². The number of carbonyl (C=O) groups excluding carboxylic acids is 1. The van der Waals surface area contributed by atoms with E-state index < -0.39 is 5.60 Å². The third-order valence-corrected chi connectivity index (χ3v) is 3.15. The van der Waals surface area contributed by atoms with E-state index in [1.807, 2.05) is 25.1 Å². The van der Waals surface area contributed by atoms with Crippen LogP contribution >= 0.6 is 0 Å². The second-order valence-corrected chi connectivity index (χ2v) is 5.25. The highest BCUT2D eigenvalue weighted by Crippen LogP contribution is 2.13. The number of nitrogens with one attached hydrogen (secondary N) is 1. The van der Waals surface area contributed by atoms with Crippen molar-refractivity contribution in [3.63, 3.8) is 0 Å². The maximum Gasteiger partial charge on any atom is 0.251 e. The van der Waals surface area contributed by atoms with Gasteiger partial charge in [-0.2, -0.15) is 0 Å². The van der Waals surface area contributed by atoms with Crippen molar-refractivity contribution in [3.8, 4) is 0 Å². The molecule has 0 fully saturated rings. The molecule has 1 heterocycles. The van der Waals surface area contributed by atoms with Crippen molar-refractivity contribution >= 4 is 5.91 Å². The van der Waals surface area contributed by atoms with E-state index >= 15 is 0 Å². The molecule has 0 bridgehead atoms. The highest BCUT2D eigenvalue weighted by atomic mass is 16.3. The van der Waals surface area contributed by atoms with Crippen molar-refractivity contribution < 1.29 is 14.3 Å². The van der Waals surface area contributed by atoms with E-state index in [9.17, 15) is 9.90 Å². The van der Waals surface area contributed by atoms with Crippen molar-refractivity contribution in [1.29, 1.82) is 0 Å². The average Bonchev–Trinajstić information content (AvgIpc) is 2.89. The molecule has 2 rings (SSSR count). The number of aliphatic hydroxyl groups is 1. The summed E-state index contributed by atoms with van der Waals surface area (Å²) < 4.78 is 5.21. The second kappa shape index (κ2) is 5.92. The third kappa shape index (κ3) is 3.71. The van der Waals surface area contributed by atoms with Crippen molar-refractivity contribution in [2.75, 3.05) is 6.54 Å². The second-order valence-electron chi connectivity index (χ2n) is 5.25. The molecule has 0 aliphatic carbocycles. The van der Waals surface area contributed by atoms with Gasteiger partial charge in [0, 0.05) is 18.5 Å². The van der Waals surface area contributed by atoms with Crippen LogP contribution in [-0.4, -0.2) is 23.2 Å². The summed E-state index contributed by atoms with van der Waals surface area (Å²) in [5.41, 5.74) is 0.493. The van der Waals surface area contributed by atoms with Gasteiger partial charge in [-0.1, -0.05) is 18.2 Å².